The Kier molecular flexibility index (Phi) is 6.93. The third-order valence-corrected chi connectivity index (χ3v) is 7.00. The Balaban J connectivity index is 1.67. The SMILES string of the molecule is CNC1(c2c(NC=O)c(C)cc3cc(C(=O)NCc4ccc(N(C)C)cc4)oc23)CCCCC1. The van der Waals surface area contributed by atoms with E-state index in [9.17, 15) is 9.59 Å². The van der Waals surface area contributed by atoms with Gasteiger partial charge in [0.25, 0.3) is 5.91 Å². The molecule has 1 heterocycles. The van der Waals surface area contributed by atoms with Crippen LogP contribution in [0.1, 0.15) is 59.3 Å². The van der Waals surface area contributed by atoms with E-state index in [1.165, 1.54) is 6.42 Å². The number of rotatable bonds is 8. The summed E-state index contributed by atoms with van der Waals surface area (Å²) in [4.78, 5) is 26.5. The molecule has 2 aromatic carbocycles. The summed E-state index contributed by atoms with van der Waals surface area (Å²) in [6, 6.07) is 11.8. The van der Waals surface area contributed by atoms with Gasteiger partial charge in [-0.05, 0) is 62.2 Å². The Bertz CT molecular complexity index is 1170. The molecule has 3 N–H and O–H groups in total. The van der Waals surface area contributed by atoms with E-state index in [0.717, 1.165) is 59.1 Å². The number of aryl methyl sites for hydroxylation is 1. The molecule has 1 aliphatic carbocycles. The number of carbonyl (C=O) groups excluding carboxylic acids is 2. The van der Waals surface area contributed by atoms with Crippen LogP contribution in [-0.4, -0.2) is 33.5 Å². The summed E-state index contributed by atoms with van der Waals surface area (Å²) >= 11 is 0. The molecule has 1 fully saturated rings. The molecule has 1 saturated carbocycles. The first-order valence-corrected chi connectivity index (χ1v) is 11.9. The number of amides is 2. The molecule has 34 heavy (non-hydrogen) atoms. The fourth-order valence-corrected chi connectivity index (χ4v) is 5.10. The van der Waals surface area contributed by atoms with Gasteiger partial charge >= 0.3 is 0 Å². The summed E-state index contributed by atoms with van der Waals surface area (Å²) in [6.45, 7) is 2.39. The van der Waals surface area contributed by atoms with Crippen molar-refractivity contribution in [2.24, 2.45) is 0 Å². The normalized spacial score (nSPS) is 15.2. The first-order valence-electron chi connectivity index (χ1n) is 11.9. The number of nitrogens with one attached hydrogen (secondary N) is 3. The Morgan fingerprint density at radius 1 is 1.12 bits per heavy atom. The maximum atomic E-state index is 13.0. The zero-order valence-electron chi connectivity index (χ0n) is 20.5. The molecular weight excluding hydrogens is 428 g/mol. The second-order valence-electron chi connectivity index (χ2n) is 9.37. The lowest BCUT2D eigenvalue weighted by molar-refractivity contribution is -0.105. The van der Waals surface area contributed by atoms with Crippen molar-refractivity contribution in [1.29, 1.82) is 0 Å². The number of hydrogen-bond acceptors (Lipinski definition) is 5. The van der Waals surface area contributed by atoms with Crippen molar-refractivity contribution in [3.63, 3.8) is 0 Å². The molecule has 0 atom stereocenters. The first-order chi connectivity index (χ1) is 16.4. The second kappa shape index (κ2) is 9.89. The topological polar surface area (TPSA) is 86.6 Å². The van der Waals surface area contributed by atoms with Crippen molar-refractivity contribution in [1.82, 2.24) is 10.6 Å². The Hall–Kier alpha value is -3.32. The first kappa shape index (κ1) is 23.8. The van der Waals surface area contributed by atoms with E-state index in [1.807, 2.05) is 63.3 Å². The van der Waals surface area contributed by atoms with Gasteiger partial charge in [-0.3, -0.25) is 9.59 Å². The Morgan fingerprint density at radius 2 is 1.82 bits per heavy atom. The third-order valence-electron chi connectivity index (χ3n) is 7.00. The van der Waals surface area contributed by atoms with Gasteiger partial charge in [0.15, 0.2) is 5.76 Å². The minimum atomic E-state index is -0.312. The highest BCUT2D eigenvalue weighted by Crippen LogP contribution is 2.45. The van der Waals surface area contributed by atoms with Crippen molar-refractivity contribution < 1.29 is 14.0 Å². The van der Waals surface area contributed by atoms with Gasteiger partial charge in [-0.15, -0.1) is 0 Å². The van der Waals surface area contributed by atoms with Crippen molar-refractivity contribution in [3.05, 3.63) is 58.8 Å². The zero-order chi connectivity index (χ0) is 24.3. The van der Waals surface area contributed by atoms with Crippen LogP contribution in [0.2, 0.25) is 0 Å². The van der Waals surface area contributed by atoms with E-state index in [1.54, 1.807) is 6.07 Å². The van der Waals surface area contributed by atoms with Gasteiger partial charge in [0.2, 0.25) is 6.41 Å². The summed E-state index contributed by atoms with van der Waals surface area (Å²) in [5.41, 5.74) is 5.12. The van der Waals surface area contributed by atoms with Crippen LogP contribution in [-0.2, 0) is 16.9 Å². The molecule has 1 aromatic heterocycles. The molecule has 0 unspecified atom stereocenters. The van der Waals surface area contributed by atoms with Crippen LogP contribution in [0.25, 0.3) is 11.0 Å². The highest BCUT2D eigenvalue weighted by atomic mass is 16.3. The molecule has 0 bridgehead atoms. The van der Waals surface area contributed by atoms with Crippen LogP contribution in [0.5, 0.6) is 0 Å². The third kappa shape index (κ3) is 4.53. The lowest BCUT2D eigenvalue weighted by Crippen LogP contribution is -2.42. The molecular formula is C27H34N4O3. The fraction of sp³-hybridized carbons (Fsp3) is 0.407. The summed E-state index contributed by atoms with van der Waals surface area (Å²) in [7, 11) is 5.95. The minimum absolute atomic E-state index is 0.261. The monoisotopic (exact) mass is 462 g/mol. The predicted octanol–water partition coefficient (Wildman–Crippen LogP) is 4.68. The number of anilines is 2. The molecule has 7 heteroatoms. The molecule has 0 aliphatic heterocycles. The standard InChI is InChI=1S/C27H34N4O3/c1-18-14-20-15-22(26(33)29-16-19-8-10-21(11-9-19)31(3)4)34-25(20)23(24(18)30-17-32)27(28-2)12-6-5-7-13-27/h8-11,14-15,17,28H,5-7,12-13,16H2,1-4H3,(H,29,33)(H,30,32). The van der Waals surface area contributed by atoms with E-state index in [0.29, 0.717) is 18.5 Å². The zero-order valence-corrected chi connectivity index (χ0v) is 20.5. The number of fused-ring (bicyclic) bond motifs is 1. The molecule has 0 radical (unpaired) electrons. The van der Waals surface area contributed by atoms with Crippen LogP contribution in [0.3, 0.4) is 0 Å². The second-order valence-corrected chi connectivity index (χ2v) is 9.37. The average molecular weight is 463 g/mol. The van der Waals surface area contributed by atoms with Crippen molar-refractivity contribution >= 4 is 34.7 Å². The highest BCUT2D eigenvalue weighted by Gasteiger charge is 2.38. The summed E-state index contributed by atoms with van der Waals surface area (Å²) < 4.78 is 6.21. The summed E-state index contributed by atoms with van der Waals surface area (Å²) in [6.07, 6.45) is 5.98. The van der Waals surface area contributed by atoms with Gasteiger partial charge in [0.1, 0.15) is 5.58 Å². The van der Waals surface area contributed by atoms with Gasteiger partial charge in [0, 0.05) is 42.8 Å². The lowest BCUT2D eigenvalue weighted by atomic mass is 9.75. The van der Waals surface area contributed by atoms with E-state index in [4.69, 9.17) is 4.42 Å². The number of benzene rings is 2. The molecule has 180 valence electrons. The quantitative estimate of drug-likeness (QED) is 0.423. The smallest absolute Gasteiger partial charge is 0.287 e. The Morgan fingerprint density at radius 3 is 2.44 bits per heavy atom. The van der Waals surface area contributed by atoms with Crippen LogP contribution in [0.4, 0.5) is 11.4 Å². The van der Waals surface area contributed by atoms with Gasteiger partial charge in [-0.2, -0.15) is 0 Å². The molecule has 3 aromatic rings. The largest absolute Gasteiger partial charge is 0.450 e. The van der Waals surface area contributed by atoms with Crippen LogP contribution in [0, 0.1) is 6.92 Å². The predicted molar refractivity (Wildman–Crippen MR) is 136 cm³/mol. The van der Waals surface area contributed by atoms with E-state index >= 15 is 0 Å². The maximum Gasteiger partial charge on any atom is 0.287 e. The Labute approximate surface area is 200 Å². The van der Waals surface area contributed by atoms with Crippen molar-refractivity contribution in [2.45, 2.75) is 51.1 Å². The van der Waals surface area contributed by atoms with Crippen LogP contribution < -0.4 is 20.9 Å². The molecule has 0 spiro atoms. The van der Waals surface area contributed by atoms with Crippen LogP contribution in [0.15, 0.2) is 40.8 Å². The lowest BCUT2D eigenvalue weighted by Gasteiger charge is -2.39. The van der Waals surface area contributed by atoms with E-state index < -0.39 is 0 Å². The fourth-order valence-electron chi connectivity index (χ4n) is 5.10. The maximum absolute atomic E-state index is 13.0. The van der Waals surface area contributed by atoms with Gasteiger partial charge < -0.3 is 25.3 Å². The number of carbonyl (C=O) groups is 2. The number of hydrogen-bond donors (Lipinski definition) is 3. The molecule has 2 amide bonds. The van der Waals surface area contributed by atoms with Crippen LogP contribution >= 0.6 is 0 Å². The van der Waals surface area contributed by atoms with Gasteiger partial charge in [-0.25, -0.2) is 0 Å². The van der Waals surface area contributed by atoms with Gasteiger partial charge in [0.05, 0.1) is 5.69 Å². The molecule has 4 rings (SSSR count). The molecule has 7 nitrogen and oxygen atoms in total. The summed E-state index contributed by atoms with van der Waals surface area (Å²) in [5.74, 6) is 0.00872. The van der Waals surface area contributed by atoms with Crippen molar-refractivity contribution in [2.75, 3.05) is 31.4 Å². The molecule has 1 aliphatic rings. The average Bonchev–Trinajstić information content (AvgIpc) is 3.27. The van der Waals surface area contributed by atoms with Gasteiger partial charge in [-0.1, -0.05) is 31.4 Å². The number of nitrogens with zero attached hydrogens (tertiary/aromatic N) is 1. The minimum Gasteiger partial charge on any atom is -0.450 e. The number of furan rings is 1. The summed E-state index contributed by atoms with van der Waals surface area (Å²) in [5, 5.41) is 10.3. The van der Waals surface area contributed by atoms with Crippen molar-refractivity contribution in [3.8, 4) is 0 Å². The highest BCUT2D eigenvalue weighted by molar-refractivity contribution is 5.99. The van der Waals surface area contributed by atoms with E-state index in [-0.39, 0.29) is 17.2 Å². The molecule has 0 saturated heterocycles. The van der Waals surface area contributed by atoms with E-state index in [2.05, 4.69) is 16.0 Å².